The number of nitrogens with zero attached hydrogens (tertiary/aromatic N) is 3. The number of carbonyl (C=O) groups excluding carboxylic acids is 1. The summed E-state index contributed by atoms with van der Waals surface area (Å²) in [6.45, 7) is 6.26. The summed E-state index contributed by atoms with van der Waals surface area (Å²) in [5.41, 5.74) is 6.49. The van der Waals surface area contributed by atoms with E-state index in [2.05, 4.69) is 29.4 Å². The lowest BCUT2D eigenvalue weighted by atomic mass is 9.88. The van der Waals surface area contributed by atoms with Gasteiger partial charge in [-0.25, -0.2) is 4.98 Å². The highest BCUT2D eigenvalue weighted by atomic mass is 32.1. The second kappa shape index (κ2) is 8.42. The first-order valence-electron chi connectivity index (χ1n) is 11.1. The van der Waals surface area contributed by atoms with Crippen LogP contribution in [0, 0.1) is 31.1 Å². The zero-order chi connectivity index (χ0) is 23.1. The number of aromatic nitrogens is 2. The van der Waals surface area contributed by atoms with Crippen molar-refractivity contribution in [3.63, 3.8) is 0 Å². The summed E-state index contributed by atoms with van der Waals surface area (Å²) >= 11 is 1.54. The number of aryl methyl sites for hydroxylation is 2. The van der Waals surface area contributed by atoms with Crippen molar-refractivity contribution in [3.05, 3.63) is 75.3 Å². The molecule has 3 heterocycles. The molecule has 3 aromatic heterocycles. The number of hydrogen-bond donors (Lipinski definition) is 1. The molecule has 1 aliphatic rings. The quantitative estimate of drug-likeness (QED) is 0.400. The third-order valence-electron chi connectivity index (χ3n) is 6.27. The highest BCUT2D eigenvalue weighted by molar-refractivity contribution is 7.16. The number of carbonyl (C=O) groups is 1. The molecule has 1 N–H and O–H groups in total. The molecule has 1 aliphatic carbocycles. The van der Waals surface area contributed by atoms with Gasteiger partial charge in [-0.05, 0) is 74.4 Å². The maximum absolute atomic E-state index is 13.6. The van der Waals surface area contributed by atoms with Gasteiger partial charge in [0.1, 0.15) is 11.1 Å². The van der Waals surface area contributed by atoms with Gasteiger partial charge in [0.05, 0.1) is 28.0 Å². The number of hydrogen-bond acceptors (Lipinski definition) is 5. The van der Waals surface area contributed by atoms with Crippen LogP contribution in [0.4, 0.5) is 5.00 Å². The molecule has 0 spiro atoms. The van der Waals surface area contributed by atoms with Crippen LogP contribution in [0.15, 0.2) is 42.6 Å². The topological polar surface area (TPSA) is 78.7 Å². The van der Waals surface area contributed by atoms with Crippen molar-refractivity contribution >= 4 is 33.1 Å². The van der Waals surface area contributed by atoms with Crippen LogP contribution < -0.4 is 5.32 Å². The largest absolute Gasteiger partial charge is 0.312 e. The molecule has 1 amide bonds. The number of pyridine rings is 2. The number of rotatable bonds is 3. The fraction of sp³-hybridized carbons (Fsp3) is 0.259. The van der Waals surface area contributed by atoms with Gasteiger partial charge >= 0.3 is 0 Å². The second-order valence-corrected chi connectivity index (χ2v) is 9.98. The second-order valence-electron chi connectivity index (χ2n) is 8.87. The average molecular weight is 453 g/mol. The van der Waals surface area contributed by atoms with E-state index >= 15 is 0 Å². The maximum Gasteiger partial charge on any atom is 0.257 e. The molecule has 0 radical (unpaired) electrons. The molecule has 1 atom stereocenters. The van der Waals surface area contributed by atoms with E-state index in [0.717, 1.165) is 46.9 Å². The van der Waals surface area contributed by atoms with Gasteiger partial charge in [-0.1, -0.05) is 24.6 Å². The highest BCUT2D eigenvalue weighted by Crippen LogP contribution is 2.39. The van der Waals surface area contributed by atoms with E-state index in [1.807, 2.05) is 38.1 Å². The lowest BCUT2D eigenvalue weighted by Gasteiger charge is -2.17. The molecule has 164 valence electrons. The first-order chi connectivity index (χ1) is 15.9. The average Bonchev–Trinajstić information content (AvgIpc) is 3.14. The van der Waals surface area contributed by atoms with Gasteiger partial charge in [-0.15, -0.1) is 11.3 Å². The summed E-state index contributed by atoms with van der Waals surface area (Å²) < 4.78 is 0. The molecule has 1 unspecified atom stereocenters. The fourth-order valence-corrected chi connectivity index (χ4v) is 6.00. The fourth-order valence-electron chi connectivity index (χ4n) is 4.64. The Balaban J connectivity index is 1.62. The normalized spacial score (nSPS) is 15.2. The molecule has 33 heavy (non-hydrogen) atoms. The lowest BCUT2D eigenvalue weighted by molar-refractivity contribution is 0.102. The summed E-state index contributed by atoms with van der Waals surface area (Å²) in [5.74, 6) is 0.370. The molecule has 5 nitrogen and oxygen atoms in total. The van der Waals surface area contributed by atoms with Crippen LogP contribution >= 0.6 is 11.3 Å². The molecular formula is C27H24N4OS. The summed E-state index contributed by atoms with van der Waals surface area (Å²) in [6.07, 6.45) is 4.66. The Kier molecular flexibility index (Phi) is 5.43. The molecule has 4 aromatic rings. The van der Waals surface area contributed by atoms with Gasteiger partial charge in [0, 0.05) is 16.5 Å². The smallest absolute Gasteiger partial charge is 0.257 e. The van der Waals surface area contributed by atoms with Gasteiger partial charge in [0.2, 0.25) is 0 Å². The van der Waals surface area contributed by atoms with Crippen LogP contribution in [0.2, 0.25) is 0 Å². The van der Waals surface area contributed by atoms with Crippen LogP contribution in [0.3, 0.4) is 0 Å². The first-order valence-corrected chi connectivity index (χ1v) is 12.0. The number of benzene rings is 1. The van der Waals surface area contributed by atoms with Crippen molar-refractivity contribution in [3.8, 4) is 17.5 Å². The van der Waals surface area contributed by atoms with E-state index in [9.17, 15) is 10.1 Å². The van der Waals surface area contributed by atoms with Crippen LogP contribution in [-0.2, 0) is 12.8 Å². The lowest BCUT2D eigenvalue weighted by Crippen LogP contribution is -2.14. The van der Waals surface area contributed by atoms with Crippen LogP contribution in [0.1, 0.15) is 50.8 Å². The highest BCUT2D eigenvalue weighted by Gasteiger charge is 2.25. The molecule has 6 heteroatoms. The Morgan fingerprint density at radius 2 is 2.06 bits per heavy atom. The number of amides is 1. The number of fused-ring (bicyclic) bond motifs is 2. The molecule has 1 aromatic carbocycles. The number of thiophene rings is 1. The predicted molar refractivity (Wildman–Crippen MR) is 133 cm³/mol. The molecule has 0 aliphatic heterocycles. The van der Waals surface area contributed by atoms with Gasteiger partial charge in [0.25, 0.3) is 5.91 Å². The van der Waals surface area contributed by atoms with E-state index in [-0.39, 0.29) is 5.91 Å². The van der Waals surface area contributed by atoms with E-state index in [0.29, 0.717) is 33.4 Å². The van der Waals surface area contributed by atoms with Gasteiger partial charge < -0.3 is 5.32 Å². The Bertz CT molecular complexity index is 1430. The number of anilines is 1. The van der Waals surface area contributed by atoms with E-state index in [1.165, 1.54) is 4.88 Å². The number of nitriles is 1. The van der Waals surface area contributed by atoms with Crippen molar-refractivity contribution in [2.45, 2.75) is 40.0 Å². The third kappa shape index (κ3) is 3.90. The van der Waals surface area contributed by atoms with Crippen molar-refractivity contribution < 1.29 is 4.79 Å². The molecule has 0 saturated carbocycles. The summed E-state index contributed by atoms with van der Waals surface area (Å²) in [6, 6.07) is 13.9. The maximum atomic E-state index is 13.6. The van der Waals surface area contributed by atoms with Crippen LogP contribution in [-0.4, -0.2) is 15.9 Å². The monoisotopic (exact) mass is 452 g/mol. The van der Waals surface area contributed by atoms with Crippen LogP contribution in [0.25, 0.3) is 22.3 Å². The predicted octanol–water partition coefficient (Wildman–Crippen LogP) is 6.22. The van der Waals surface area contributed by atoms with Crippen molar-refractivity contribution in [2.75, 3.05) is 5.32 Å². The Hall–Kier alpha value is -3.56. The summed E-state index contributed by atoms with van der Waals surface area (Å²) in [7, 11) is 0. The van der Waals surface area contributed by atoms with E-state index in [1.54, 1.807) is 23.6 Å². The van der Waals surface area contributed by atoms with Crippen LogP contribution in [0.5, 0.6) is 0 Å². The van der Waals surface area contributed by atoms with Crippen molar-refractivity contribution in [1.82, 2.24) is 9.97 Å². The Labute approximate surface area is 197 Å². The SMILES string of the molecule is Cc1cc(C)c2nc(-c3ccccn3)cc(C(=O)Nc3sc4c(c3C#N)CCC(C)C4)c2c1. The minimum atomic E-state index is -0.229. The van der Waals surface area contributed by atoms with E-state index < -0.39 is 0 Å². The zero-order valence-electron chi connectivity index (χ0n) is 18.9. The minimum absolute atomic E-state index is 0.229. The number of nitrogens with one attached hydrogen (secondary N) is 1. The zero-order valence-corrected chi connectivity index (χ0v) is 19.7. The Morgan fingerprint density at radius 3 is 2.82 bits per heavy atom. The van der Waals surface area contributed by atoms with Crippen molar-refractivity contribution in [1.29, 1.82) is 5.26 Å². The molecule has 0 bridgehead atoms. The minimum Gasteiger partial charge on any atom is -0.312 e. The molecule has 5 rings (SSSR count). The van der Waals surface area contributed by atoms with Gasteiger partial charge in [-0.3, -0.25) is 9.78 Å². The van der Waals surface area contributed by atoms with E-state index in [4.69, 9.17) is 4.98 Å². The Morgan fingerprint density at radius 1 is 1.21 bits per heavy atom. The molecule has 0 fully saturated rings. The molecule has 0 saturated heterocycles. The van der Waals surface area contributed by atoms with Crippen molar-refractivity contribution in [2.24, 2.45) is 5.92 Å². The standard InChI is InChI=1S/C27H24N4OS/c1-15-7-8-18-21(14-28)27(33-24(18)12-15)31-26(32)20-13-23(22-6-4-5-9-29-22)30-25-17(3)10-16(2)11-19(20)25/h4-6,9-11,13,15H,7-8,12H2,1-3H3,(H,31,32). The summed E-state index contributed by atoms with van der Waals surface area (Å²) in [5, 5.41) is 14.4. The third-order valence-corrected chi connectivity index (χ3v) is 7.44. The molecular weight excluding hydrogens is 428 g/mol. The summed E-state index contributed by atoms with van der Waals surface area (Å²) in [4.78, 5) is 24.1. The van der Waals surface area contributed by atoms with Gasteiger partial charge in [-0.2, -0.15) is 5.26 Å². The van der Waals surface area contributed by atoms with Gasteiger partial charge in [0.15, 0.2) is 0 Å². The first kappa shape index (κ1) is 21.3.